The fraction of sp³-hybridized carbons (Fsp3) is 0.400. The Morgan fingerprint density at radius 2 is 1.76 bits per heavy atom. The topological polar surface area (TPSA) is 85.3 Å². The van der Waals surface area contributed by atoms with E-state index in [9.17, 15) is 0 Å². The highest BCUT2D eigenvalue weighted by atomic mass is 15.2. The van der Waals surface area contributed by atoms with Crippen molar-refractivity contribution in [1.29, 1.82) is 0 Å². The summed E-state index contributed by atoms with van der Waals surface area (Å²) >= 11 is 0. The van der Waals surface area contributed by atoms with Gasteiger partial charge in [0.05, 0.1) is 0 Å². The first-order valence-corrected chi connectivity index (χ1v) is 13.3. The molecule has 1 aliphatic heterocycles. The zero-order chi connectivity index (χ0) is 27.2. The van der Waals surface area contributed by atoms with E-state index >= 15 is 0 Å². The van der Waals surface area contributed by atoms with Crippen LogP contribution in [0.25, 0.3) is 22.2 Å². The Morgan fingerprint density at radius 3 is 2.45 bits per heavy atom. The number of rotatable bonds is 5. The number of aryl methyl sites for hydroxylation is 1. The Kier molecular flexibility index (Phi) is 8.73. The molecule has 8 nitrogen and oxygen atoms in total. The number of H-pyrrole nitrogens is 1. The van der Waals surface area contributed by atoms with Gasteiger partial charge in [-0.15, -0.1) is 0 Å². The third-order valence-electron chi connectivity index (χ3n) is 6.09. The molecule has 0 amide bonds. The summed E-state index contributed by atoms with van der Waals surface area (Å²) < 4.78 is 0. The largest absolute Gasteiger partial charge is 0.369 e. The van der Waals surface area contributed by atoms with Gasteiger partial charge in [-0.05, 0) is 63.6 Å². The molecule has 1 saturated heterocycles. The van der Waals surface area contributed by atoms with Crippen LogP contribution < -0.4 is 10.2 Å². The van der Waals surface area contributed by atoms with Crippen molar-refractivity contribution in [3.63, 3.8) is 0 Å². The summed E-state index contributed by atoms with van der Waals surface area (Å²) in [5, 5.41) is 4.32. The Morgan fingerprint density at radius 1 is 1.03 bits per heavy atom. The molecule has 1 aliphatic rings. The second-order valence-electron chi connectivity index (χ2n) is 10.8. The van der Waals surface area contributed by atoms with Crippen molar-refractivity contribution < 1.29 is 0 Å². The minimum atomic E-state index is 0.564. The van der Waals surface area contributed by atoms with Crippen LogP contribution in [0.2, 0.25) is 0 Å². The van der Waals surface area contributed by atoms with Gasteiger partial charge in [0.1, 0.15) is 5.65 Å². The van der Waals surface area contributed by atoms with Crippen molar-refractivity contribution in [3.8, 4) is 11.1 Å². The molecular formula is C30H40N8. The fourth-order valence-electron chi connectivity index (χ4n) is 4.22. The maximum Gasteiger partial charge on any atom is 0.229 e. The SMILES string of the molecule is CC(C)=Nc1ncc(-c2c[nH]c3nc(Nc4cccc(N5CCN(C)CC5)c4)ncc23)cc1C.CC(C)C. The monoisotopic (exact) mass is 512 g/mol. The highest BCUT2D eigenvalue weighted by Crippen LogP contribution is 2.30. The zero-order valence-corrected chi connectivity index (χ0v) is 23.7. The Labute approximate surface area is 226 Å². The minimum Gasteiger partial charge on any atom is -0.369 e. The standard InChI is InChI=1S/C26H30N8.C4H10/c1-17(2)30-24-18(3)12-19(14-27-24)22-15-28-25-23(22)16-29-26(32-25)31-20-6-5-7-21(13-20)34-10-8-33(4)9-11-34;1-4(2)3/h5-7,12-16H,8-11H2,1-4H3,(H2,28,29,31,32);4H,1-3H3. The Bertz CT molecular complexity index is 1390. The minimum absolute atomic E-state index is 0.564. The number of likely N-dealkylation sites (N-methyl/N-ethyl adjacent to an activating group) is 1. The quantitative estimate of drug-likeness (QED) is 0.293. The molecule has 0 unspecified atom stereocenters. The van der Waals surface area contributed by atoms with Gasteiger partial charge in [0.25, 0.3) is 0 Å². The number of nitrogens with one attached hydrogen (secondary N) is 2. The summed E-state index contributed by atoms with van der Waals surface area (Å²) in [5.74, 6) is 2.15. The number of fused-ring (bicyclic) bond motifs is 1. The zero-order valence-electron chi connectivity index (χ0n) is 23.7. The number of aromatic nitrogens is 4. The van der Waals surface area contributed by atoms with Crippen molar-refractivity contribution in [2.45, 2.75) is 41.5 Å². The normalized spacial score (nSPS) is 13.8. The lowest BCUT2D eigenvalue weighted by Crippen LogP contribution is -2.44. The van der Waals surface area contributed by atoms with Crippen LogP contribution in [-0.2, 0) is 0 Å². The van der Waals surface area contributed by atoms with Crippen LogP contribution in [0.4, 0.5) is 23.1 Å². The van der Waals surface area contributed by atoms with Crippen LogP contribution in [0, 0.1) is 12.8 Å². The van der Waals surface area contributed by atoms with Gasteiger partial charge in [0, 0.05) is 78.4 Å². The Balaban J connectivity index is 0.000000786. The maximum absolute atomic E-state index is 4.71. The highest BCUT2D eigenvalue weighted by molar-refractivity contribution is 5.93. The molecule has 1 fully saturated rings. The lowest BCUT2D eigenvalue weighted by molar-refractivity contribution is 0.313. The van der Waals surface area contributed by atoms with Gasteiger partial charge in [-0.1, -0.05) is 26.8 Å². The lowest BCUT2D eigenvalue weighted by Gasteiger charge is -2.34. The summed E-state index contributed by atoms with van der Waals surface area (Å²) in [5.41, 5.74) is 7.04. The number of piperazine rings is 1. The molecule has 5 rings (SSSR count). The smallest absolute Gasteiger partial charge is 0.229 e. The molecule has 0 spiro atoms. The third kappa shape index (κ3) is 6.95. The maximum atomic E-state index is 4.71. The summed E-state index contributed by atoms with van der Waals surface area (Å²) in [6.07, 6.45) is 5.67. The molecule has 0 bridgehead atoms. The number of pyridine rings is 1. The molecule has 4 heterocycles. The van der Waals surface area contributed by atoms with Gasteiger partial charge in [0.2, 0.25) is 5.95 Å². The molecule has 2 N–H and O–H groups in total. The van der Waals surface area contributed by atoms with Crippen LogP contribution in [-0.4, -0.2) is 63.8 Å². The number of hydrogen-bond donors (Lipinski definition) is 2. The van der Waals surface area contributed by atoms with Crippen molar-refractivity contribution >= 4 is 39.9 Å². The third-order valence-corrected chi connectivity index (χ3v) is 6.09. The van der Waals surface area contributed by atoms with Gasteiger partial charge in [-0.3, -0.25) is 0 Å². The van der Waals surface area contributed by atoms with E-state index in [1.54, 1.807) is 0 Å². The van der Waals surface area contributed by atoms with Gasteiger partial charge < -0.3 is 20.1 Å². The molecule has 3 aromatic heterocycles. The van der Waals surface area contributed by atoms with E-state index in [4.69, 9.17) is 4.98 Å². The molecular weight excluding hydrogens is 472 g/mol. The van der Waals surface area contributed by atoms with Gasteiger partial charge in [-0.2, -0.15) is 4.98 Å². The number of anilines is 3. The Hall–Kier alpha value is -3.78. The number of aliphatic imine (C=N–C) groups is 1. The first-order valence-electron chi connectivity index (χ1n) is 13.3. The average Bonchev–Trinajstić information content (AvgIpc) is 3.29. The van der Waals surface area contributed by atoms with E-state index in [1.807, 2.05) is 45.4 Å². The first kappa shape index (κ1) is 27.3. The summed E-state index contributed by atoms with van der Waals surface area (Å²) in [6.45, 7) is 16.7. The molecule has 38 heavy (non-hydrogen) atoms. The summed E-state index contributed by atoms with van der Waals surface area (Å²) in [7, 11) is 2.17. The van der Waals surface area contributed by atoms with E-state index in [-0.39, 0.29) is 0 Å². The predicted octanol–water partition coefficient (Wildman–Crippen LogP) is 6.60. The molecule has 4 aromatic rings. The van der Waals surface area contributed by atoms with Gasteiger partial charge in [-0.25, -0.2) is 15.0 Å². The van der Waals surface area contributed by atoms with E-state index in [2.05, 4.69) is 87.1 Å². The van der Waals surface area contributed by atoms with Crippen molar-refractivity contribution in [2.75, 3.05) is 43.4 Å². The average molecular weight is 513 g/mol. The van der Waals surface area contributed by atoms with Crippen molar-refractivity contribution in [1.82, 2.24) is 24.8 Å². The predicted molar refractivity (Wildman–Crippen MR) is 160 cm³/mol. The molecule has 0 saturated carbocycles. The van der Waals surface area contributed by atoms with Crippen LogP contribution in [0.5, 0.6) is 0 Å². The second-order valence-corrected chi connectivity index (χ2v) is 10.8. The molecule has 1 aromatic carbocycles. The van der Waals surface area contributed by atoms with Crippen LogP contribution in [0.1, 0.15) is 40.2 Å². The van der Waals surface area contributed by atoms with E-state index < -0.39 is 0 Å². The van der Waals surface area contributed by atoms with E-state index in [0.717, 1.165) is 77.0 Å². The van der Waals surface area contributed by atoms with Gasteiger partial charge in [0.15, 0.2) is 5.82 Å². The van der Waals surface area contributed by atoms with Crippen LogP contribution in [0.15, 0.2) is 53.9 Å². The van der Waals surface area contributed by atoms with Crippen LogP contribution in [0.3, 0.4) is 0 Å². The number of aromatic amines is 1. The second kappa shape index (κ2) is 12.2. The van der Waals surface area contributed by atoms with E-state index in [0.29, 0.717) is 5.95 Å². The van der Waals surface area contributed by atoms with Crippen LogP contribution >= 0.6 is 0 Å². The fourth-order valence-corrected chi connectivity index (χ4v) is 4.22. The molecule has 0 atom stereocenters. The molecule has 0 radical (unpaired) electrons. The molecule has 0 aliphatic carbocycles. The van der Waals surface area contributed by atoms with Crippen molar-refractivity contribution in [3.05, 3.63) is 54.5 Å². The number of nitrogens with zero attached hydrogens (tertiary/aromatic N) is 6. The lowest BCUT2D eigenvalue weighted by atomic mass is 10.1. The first-order chi connectivity index (χ1) is 18.2. The molecule has 200 valence electrons. The summed E-state index contributed by atoms with van der Waals surface area (Å²) in [4.78, 5) is 26.4. The number of benzene rings is 1. The molecule has 8 heteroatoms. The highest BCUT2D eigenvalue weighted by Gasteiger charge is 2.15. The number of hydrogen-bond acceptors (Lipinski definition) is 7. The van der Waals surface area contributed by atoms with E-state index in [1.165, 1.54) is 5.69 Å². The van der Waals surface area contributed by atoms with Gasteiger partial charge >= 0.3 is 0 Å². The summed E-state index contributed by atoms with van der Waals surface area (Å²) in [6, 6.07) is 10.5. The van der Waals surface area contributed by atoms with Crippen molar-refractivity contribution in [2.24, 2.45) is 10.9 Å².